The Morgan fingerprint density at radius 1 is 0.909 bits per heavy atom. The molecule has 0 heterocycles. The molecule has 10 heteroatoms. The molecule has 0 fully saturated rings. The fraction of sp³-hybridized carbons (Fsp3) is 0.130. The van der Waals surface area contributed by atoms with Crippen molar-refractivity contribution in [3.8, 4) is 0 Å². The zero-order chi connectivity index (χ0) is 24.2. The lowest BCUT2D eigenvalue weighted by molar-refractivity contribution is -0.123. The molecule has 0 spiro atoms. The first-order valence-corrected chi connectivity index (χ1v) is 11.2. The van der Waals surface area contributed by atoms with E-state index in [0.717, 1.165) is 11.6 Å². The van der Waals surface area contributed by atoms with Crippen LogP contribution < -0.4 is 10.0 Å². The molecule has 7 nitrogen and oxygen atoms in total. The number of benzene rings is 3. The van der Waals surface area contributed by atoms with Crippen molar-refractivity contribution in [3.05, 3.63) is 89.5 Å². The lowest BCUT2D eigenvalue weighted by Gasteiger charge is -2.14. The summed E-state index contributed by atoms with van der Waals surface area (Å²) < 4.78 is 58.7. The maximum absolute atomic E-state index is 13.4. The van der Waals surface area contributed by atoms with Gasteiger partial charge in [0.05, 0.1) is 10.5 Å². The van der Waals surface area contributed by atoms with Gasteiger partial charge in [-0.25, -0.2) is 22.0 Å². The van der Waals surface area contributed by atoms with Crippen molar-refractivity contribution in [2.75, 3.05) is 10.0 Å². The van der Waals surface area contributed by atoms with Crippen molar-refractivity contribution in [1.82, 2.24) is 0 Å². The number of rotatable bonds is 7. The Bertz CT molecular complexity index is 1310. The van der Waals surface area contributed by atoms with Gasteiger partial charge in [-0.05, 0) is 67.9 Å². The maximum atomic E-state index is 13.4. The zero-order valence-electron chi connectivity index (χ0n) is 17.6. The number of carbonyl (C=O) groups excluding carboxylic acids is 2. The maximum Gasteiger partial charge on any atom is 0.338 e. The van der Waals surface area contributed by atoms with Gasteiger partial charge in [-0.3, -0.25) is 9.52 Å². The molecule has 0 aromatic heterocycles. The molecule has 0 saturated heterocycles. The lowest BCUT2D eigenvalue weighted by Crippen LogP contribution is -2.30. The normalized spacial score (nSPS) is 12.0. The smallest absolute Gasteiger partial charge is 0.338 e. The highest BCUT2D eigenvalue weighted by Gasteiger charge is 2.21. The number of nitrogens with one attached hydrogen (secondary N) is 2. The van der Waals surface area contributed by atoms with Gasteiger partial charge in [0.1, 0.15) is 0 Å². The van der Waals surface area contributed by atoms with Crippen molar-refractivity contribution in [2.24, 2.45) is 0 Å². The summed E-state index contributed by atoms with van der Waals surface area (Å²) in [4.78, 5) is 24.3. The monoisotopic (exact) mass is 474 g/mol. The van der Waals surface area contributed by atoms with Gasteiger partial charge >= 0.3 is 5.97 Å². The summed E-state index contributed by atoms with van der Waals surface area (Å²) in [5.41, 5.74) is 1.47. The Morgan fingerprint density at radius 3 is 2.30 bits per heavy atom. The van der Waals surface area contributed by atoms with Crippen LogP contribution >= 0.6 is 0 Å². The largest absolute Gasteiger partial charge is 0.449 e. The minimum Gasteiger partial charge on any atom is -0.449 e. The predicted octanol–water partition coefficient (Wildman–Crippen LogP) is 4.26. The van der Waals surface area contributed by atoms with Crippen LogP contribution in [0, 0.1) is 18.6 Å². The number of hydrogen-bond acceptors (Lipinski definition) is 5. The first kappa shape index (κ1) is 23.9. The van der Waals surface area contributed by atoms with E-state index in [4.69, 9.17) is 4.74 Å². The summed E-state index contributed by atoms with van der Waals surface area (Å²) in [5.74, 6) is -3.88. The molecule has 0 unspecified atom stereocenters. The van der Waals surface area contributed by atoms with Gasteiger partial charge in [0.2, 0.25) is 0 Å². The van der Waals surface area contributed by atoms with Crippen molar-refractivity contribution >= 4 is 33.3 Å². The Morgan fingerprint density at radius 2 is 1.61 bits per heavy atom. The SMILES string of the molecule is Cc1cccc(NC(=O)[C@H](C)OC(=O)c2cccc(NS(=O)(=O)c3ccc(F)c(F)c3)c2)c1. The first-order valence-electron chi connectivity index (χ1n) is 9.71. The third-order valence-electron chi connectivity index (χ3n) is 4.49. The Balaban J connectivity index is 1.68. The van der Waals surface area contributed by atoms with Crippen LogP contribution in [0.4, 0.5) is 20.2 Å². The molecule has 0 aliphatic rings. The minimum absolute atomic E-state index is 0.00829. The number of halogens is 2. The van der Waals surface area contributed by atoms with E-state index in [0.29, 0.717) is 17.8 Å². The average Bonchev–Trinajstić information content (AvgIpc) is 2.75. The minimum atomic E-state index is -4.24. The predicted molar refractivity (Wildman–Crippen MR) is 118 cm³/mol. The summed E-state index contributed by atoms with van der Waals surface area (Å²) in [5, 5.41) is 2.64. The van der Waals surface area contributed by atoms with Crippen LogP contribution in [0.3, 0.4) is 0 Å². The summed E-state index contributed by atoms with van der Waals surface area (Å²) in [6, 6.07) is 14.6. The van der Waals surface area contributed by atoms with E-state index in [1.54, 1.807) is 18.2 Å². The number of esters is 1. The molecule has 3 aromatic rings. The van der Waals surface area contributed by atoms with Gasteiger partial charge in [0.15, 0.2) is 17.7 Å². The summed E-state index contributed by atoms with van der Waals surface area (Å²) in [7, 11) is -4.24. The van der Waals surface area contributed by atoms with Crippen LogP contribution in [0.5, 0.6) is 0 Å². The molecule has 1 atom stereocenters. The molecule has 0 bridgehead atoms. The van der Waals surface area contributed by atoms with Gasteiger partial charge < -0.3 is 10.1 Å². The Hall–Kier alpha value is -3.79. The Labute approximate surface area is 189 Å². The fourth-order valence-corrected chi connectivity index (χ4v) is 3.88. The van der Waals surface area contributed by atoms with Crippen LogP contribution in [-0.2, 0) is 19.6 Å². The molecular weight excluding hydrogens is 454 g/mol. The van der Waals surface area contributed by atoms with E-state index >= 15 is 0 Å². The number of ether oxygens (including phenoxy) is 1. The van der Waals surface area contributed by atoms with E-state index in [2.05, 4.69) is 10.0 Å². The summed E-state index contributed by atoms with van der Waals surface area (Å²) in [6.07, 6.45) is -1.12. The fourth-order valence-electron chi connectivity index (χ4n) is 2.82. The van der Waals surface area contributed by atoms with Crippen LogP contribution in [0.25, 0.3) is 0 Å². The molecular formula is C23H20F2N2O5S. The highest BCUT2D eigenvalue weighted by Crippen LogP contribution is 2.20. The zero-order valence-corrected chi connectivity index (χ0v) is 18.5. The Kier molecular flexibility index (Phi) is 7.07. The van der Waals surface area contributed by atoms with Gasteiger partial charge in [-0.1, -0.05) is 18.2 Å². The number of aryl methyl sites for hydroxylation is 1. The molecule has 0 aliphatic heterocycles. The first-order chi connectivity index (χ1) is 15.5. The summed E-state index contributed by atoms with van der Waals surface area (Å²) >= 11 is 0. The number of carbonyl (C=O) groups is 2. The summed E-state index contributed by atoms with van der Waals surface area (Å²) in [6.45, 7) is 3.27. The molecule has 2 N–H and O–H groups in total. The third kappa shape index (κ3) is 6.13. The quantitative estimate of drug-likeness (QED) is 0.499. The highest BCUT2D eigenvalue weighted by molar-refractivity contribution is 7.92. The van der Waals surface area contributed by atoms with Gasteiger partial charge in [-0.2, -0.15) is 0 Å². The van der Waals surface area contributed by atoms with Crippen LogP contribution in [-0.4, -0.2) is 26.4 Å². The third-order valence-corrected chi connectivity index (χ3v) is 5.87. The molecule has 3 aromatic carbocycles. The number of amides is 1. The molecule has 0 radical (unpaired) electrons. The van der Waals surface area contributed by atoms with Gasteiger partial charge in [-0.15, -0.1) is 0 Å². The number of hydrogen-bond donors (Lipinski definition) is 2. The van der Waals surface area contributed by atoms with Crippen molar-refractivity contribution in [2.45, 2.75) is 24.8 Å². The van der Waals surface area contributed by atoms with Crippen molar-refractivity contribution in [3.63, 3.8) is 0 Å². The molecule has 1 amide bonds. The van der Waals surface area contributed by atoms with E-state index < -0.39 is 44.5 Å². The van der Waals surface area contributed by atoms with Gasteiger partial charge in [0, 0.05) is 11.4 Å². The number of sulfonamides is 1. The highest BCUT2D eigenvalue weighted by atomic mass is 32.2. The van der Waals surface area contributed by atoms with Crippen molar-refractivity contribution in [1.29, 1.82) is 0 Å². The second kappa shape index (κ2) is 9.78. The van der Waals surface area contributed by atoms with E-state index in [-0.39, 0.29) is 11.3 Å². The number of anilines is 2. The molecule has 0 aliphatic carbocycles. The van der Waals surface area contributed by atoms with Crippen LogP contribution in [0.2, 0.25) is 0 Å². The van der Waals surface area contributed by atoms with E-state index in [1.807, 2.05) is 13.0 Å². The average molecular weight is 474 g/mol. The molecule has 33 heavy (non-hydrogen) atoms. The second-order valence-corrected chi connectivity index (χ2v) is 8.85. The lowest BCUT2D eigenvalue weighted by atomic mass is 10.2. The van der Waals surface area contributed by atoms with Gasteiger partial charge in [0.25, 0.3) is 15.9 Å². The molecule has 0 saturated carbocycles. The van der Waals surface area contributed by atoms with Crippen LogP contribution in [0.15, 0.2) is 71.6 Å². The standard InChI is InChI=1S/C23H20F2N2O5S/c1-14-5-3-7-17(11-14)26-22(28)15(2)32-23(29)16-6-4-8-18(12-16)27-33(30,31)19-9-10-20(24)21(25)13-19/h3-13,15,27H,1-2H3,(H,26,28)/t15-/m0/s1. The van der Waals surface area contributed by atoms with E-state index in [9.17, 15) is 26.8 Å². The van der Waals surface area contributed by atoms with E-state index in [1.165, 1.54) is 31.2 Å². The molecule has 172 valence electrons. The second-order valence-electron chi connectivity index (χ2n) is 7.17. The topological polar surface area (TPSA) is 102 Å². The van der Waals surface area contributed by atoms with Crippen LogP contribution in [0.1, 0.15) is 22.8 Å². The molecule has 3 rings (SSSR count). The van der Waals surface area contributed by atoms with Crippen molar-refractivity contribution < 1.29 is 31.5 Å².